The van der Waals surface area contributed by atoms with Gasteiger partial charge in [0, 0.05) is 13.1 Å². The molecule has 1 heterocycles. The van der Waals surface area contributed by atoms with Crippen LogP contribution in [0.1, 0.15) is 26.5 Å². The molecule has 5 nitrogen and oxygen atoms in total. The number of carbonyl (C=O) groups excluding carboxylic acids is 1. The molecule has 0 aliphatic carbocycles. The molecule has 1 rings (SSSR count). The Labute approximate surface area is 129 Å². The van der Waals surface area contributed by atoms with Gasteiger partial charge in [0.2, 0.25) is 0 Å². The molecule has 2 N–H and O–H groups in total. The maximum atomic E-state index is 11.3. The lowest BCUT2D eigenvalue weighted by Crippen LogP contribution is -2.36. The summed E-state index contributed by atoms with van der Waals surface area (Å²) in [7, 11) is 0. The summed E-state index contributed by atoms with van der Waals surface area (Å²) in [4.78, 5) is 11.3. The molecule has 1 aromatic rings. The van der Waals surface area contributed by atoms with Crippen molar-refractivity contribution in [1.82, 2.24) is 10.6 Å². The van der Waals surface area contributed by atoms with Crippen molar-refractivity contribution in [3.05, 3.63) is 21.0 Å². The Kier molecular flexibility index (Phi) is 6.35. The molecule has 0 atom stereocenters. The number of ether oxygens (including phenoxy) is 1. The lowest BCUT2D eigenvalue weighted by Gasteiger charge is -2.19. The first-order chi connectivity index (χ1) is 8.78. The molecule has 0 radical (unpaired) electrons. The zero-order valence-corrected chi connectivity index (χ0v) is 14.4. The minimum atomic E-state index is -0.468. The van der Waals surface area contributed by atoms with Crippen LogP contribution in [0.3, 0.4) is 0 Å². The quantitative estimate of drug-likeness (QED) is 0.747. The van der Waals surface area contributed by atoms with E-state index in [-0.39, 0.29) is 0 Å². The van der Waals surface area contributed by atoms with E-state index in [0.29, 0.717) is 24.3 Å². The Morgan fingerprint density at radius 1 is 1.37 bits per heavy atom. The second-order valence-corrected chi connectivity index (χ2v) is 6.51. The van der Waals surface area contributed by atoms with Crippen LogP contribution in [0.25, 0.3) is 0 Å². The monoisotopic (exact) mass is 396 g/mol. The highest BCUT2D eigenvalue weighted by Crippen LogP contribution is 2.26. The van der Waals surface area contributed by atoms with Gasteiger partial charge in [-0.15, -0.1) is 0 Å². The fraction of sp³-hybridized carbons (Fsp3) is 0.583. The Morgan fingerprint density at radius 3 is 2.58 bits per heavy atom. The molecule has 7 heteroatoms. The van der Waals surface area contributed by atoms with Crippen LogP contribution in [0.2, 0.25) is 0 Å². The minimum Gasteiger partial charge on any atom is -0.452 e. The van der Waals surface area contributed by atoms with Crippen molar-refractivity contribution in [3.63, 3.8) is 0 Å². The highest BCUT2D eigenvalue weighted by molar-refractivity contribution is 9.13. The van der Waals surface area contributed by atoms with Crippen molar-refractivity contribution in [2.75, 3.05) is 13.1 Å². The fourth-order valence-corrected chi connectivity index (χ4v) is 1.92. The second-order valence-electron chi connectivity index (χ2n) is 4.94. The maximum absolute atomic E-state index is 11.3. The second kappa shape index (κ2) is 7.31. The summed E-state index contributed by atoms with van der Waals surface area (Å²) < 4.78 is 12.1. The van der Waals surface area contributed by atoms with Crippen LogP contribution in [0.5, 0.6) is 0 Å². The third kappa shape index (κ3) is 6.98. The van der Waals surface area contributed by atoms with Crippen LogP contribution in [-0.4, -0.2) is 24.8 Å². The van der Waals surface area contributed by atoms with Crippen molar-refractivity contribution in [3.8, 4) is 0 Å². The lowest BCUT2D eigenvalue weighted by molar-refractivity contribution is 0.0528. The van der Waals surface area contributed by atoms with Crippen LogP contribution in [-0.2, 0) is 11.3 Å². The molecule has 1 aromatic heterocycles. The van der Waals surface area contributed by atoms with Gasteiger partial charge in [0.05, 0.1) is 11.0 Å². The SMILES string of the molecule is CC(C)(C)OC(=O)NCCNCc1cc(Br)c(Br)o1. The minimum absolute atomic E-state index is 0.405. The molecule has 0 fully saturated rings. The van der Waals surface area contributed by atoms with Gasteiger partial charge in [-0.25, -0.2) is 4.79 Å². The van der Waals surface area contributed by atoms with E-state index < -0.39 is 11.7 Å². The molecule has 19 heavy (non-hydrogen) atoms. The number of carbonyl (C=O) groups is 1. The van der Waals surface area contributed by atoms with Gasteiger partial charge in [-0.1, -0.05) is 0 Å². The van der Waals surface area contributed by atoms with Crippen molar-refractivity contribution in [2.45, 2.75) is 32.9 Å². The van der Waals surface area contributed by atoms with Crippen LogP contribution in [0.4, 0.5) is 4.79 Å². The third-order valence-corrected chi connectivity index (χ3v) is 3.68. The molecule has 0 aromatic carbocycles. The molecular formula is C12H18Br2N2O3. The maximum Gasteiger partial charge on any atom is 0.407 e. The molecule has 0 unspecified atom stereocenters. The van der Waals surface area contributed by atoms with Crippen molar-refractivity contribution >= 4 is 38.0 Å². The van der Waals surface area contributed by atoms with Crippen molar-refractivity contribution in [2.24, 2.45) is 0 Å². The van der Waals surface area contributed by atoms with Gasteiger partial charge in [0.15, 0.2) is 4.67 Å². The van der Waals surface area contributed by atoms with E-state index in [0.717, 1.165) is 10.2 Å². The molecule has 108 valence electrons. The summed E-state index contributed by atoms with van der Waals surface area (Å²) in [6, 6.07) is 1.89. The molecule has 0 bridgehead atoms. The first-order valence-electron chi connectivity index (χ1n) is 5.89. The summed E-state index contributed by atoms with van der Waals surface area (Å²) >= 11 is 6.61. The molecular weight excluding hydrogens is 380 g/mol. The first-order valence-corrected chi connectivity index (χ1v) is 7.48. The molecule has 0 aliphatic heterocycles. The van der Waals surface area contributed by atoms with E-state index in [2.05, 4.69) is 42.5 Å². The van der Waals surface area contributed by atoms with Crippen LogP contribution < -0.4 is 10.6 Å². The third-order valence-electron chi connectivity index (χ3n) is 1.97. The average Bonchev–Trinajstić information content (AvgIpc) is 2.55. The van der Waals surface area contributed by atoms with E-state index >= 15 is 0 Å². The Balaban J connectivity index is 2.13. The number of alkyl carbamates (subject to hydrolysis) is 1. The summed E-state index contributed by atoms with van der Waals surface area (Å²) in [5.41, 5.74) is -0.468. The van der Waals surface area contributed by atoms with E-state index in [1.54, 1.807) is 0 Å². The van der Waals surface area contributed by atoms with Gasteiger partial charge in [-0.3, -0.25) is 0 Å². The van der Waals surface area contributed by atoms with Crippen molar-refractivity contribution < 1.29 is 13.9 Å². The summed E-state index contributed by atoms with van der Waals surface area (Å²) in [5.74, 6) is 0.816. The van der Waals surface area contributed by atoms with Gasteiger partial charge in [0.25, 0.3) is 0 Å². The highest BCUT2D eigenvalue weighted by atomic mass is 79.9. The van der Waals surface area contributed by atoms with E-state index in [4.69, 9.17) is 9.15 Å². The van der Waals surface area contributed by atoms with Gasteiger partial charge in [-0.05, 0) is 58.7 Å². The standard InChI is InChI=1S/C12H18Br2N2O3/c1-12(2,3)19-11(17)16-5-4-15-7-8-6-9(13)10(14)18-8/h6,15H,4-5,7H2,1-3H3,(H,16,17). The van der Waals surface area contributed by atoms with Crippen LogP contribution in [0, 0.1) is 0 Å². The lowest BCUT2D eigenvalue weighted by atomic mass is 10.2. The molecule has 0 saturated carbocycles. The number of nitrogens with one attached hydrogen (secondary N) is 2. The highest BCUT2D eigenvalue weighted by Gasteiger charge is 2.15. The number of hydrogen-bond acceptors (Lipinski definition) is 4. The van der Waals surface area contributed by atoms with Gasteiger partial charge in [0.1, 0.15) is 11.4 Å². The fourth-order valence-electron chi connectivity index (χ4n) is 1.26. The molecule has 0 spiro atoms. The number of hydrogen-bond donors (Lipinski definition) is 2. The number of halogens is 2. The molecule has 0 aliphatic rings. The number of amides is 1. The number of rotatable bonds is 5. The zero-order valence-electron chi connectivity index (χ0n) is 11.2. The molecule has 0 saturated heterocycles. The zero-order chi connectivity index (χ0) is 14.5. The van der Waals surface area contributed by atoms with Gasteiger partial charge in [-0.2, -0.15) is 0 Å². The number of furan rings is 1. The Bertz CT molecular complexity index is 408. The first kappa shape index (κ1) is 16.5. The summed E-state index contributed by atoms with van der Waals surface area (Å²) in [5, 5.41) is 5.82. The Hall–Kier alpha value is -0.530. The normalized spacial score (nSPS) is 11.4. The largest absolute Gasteiger partial charge is 0.452 e. The molecule has 1 amide bonds. The van der Waals surface area contributed by atoms with Gasteiger partial charge >= 0.3 is 6.09 Å². The predicted octanol–water partition coefficient (Wildman–Crippen LogP) is 3.42. The van der Waals surface area contributed by atoms with Gasteiger partial charge < -0.3 is 19.8 Å². The topological polar surface area (TPSA) is 63.5 Å². The smallest absolute Gasteiger partial charge is 0.407 e. The van der Waals surface area contributed by atoms with E-state index in [1.807, 2.05) is 26.8 Å². The van der Waals surface area contributed by atoms with Crippen LogP contribution in [0.15, 0.2) is 19.6 Å². The summed E-state index contributed by atoms with van der Waals surface area (Å²) in [6.45, 7) is 7.22. The Morgan fingerprint density at radius 2 is 2.05 bits per heavy atom. The summed E-state index contributed by atoms with van der Waals surface area (Å²) in [6.07, 6.45) is -0.405. The van der Waals surface area contributed by atoms with Crippen molar-refractivity contribution in [1.29, 1.82) is 0 Å². The van der Waals surface area contributed by atoms with E-state index in [9.17, 15) is 4.79 Å². The van der Waals surface area contributed by atoms with E-state index in [1.165, 1.54) is 0 Å². The van der Waals surface area contributed by atoms with Crippen LogP contribution >= 0.6 is 31.9 Å². The average molecular weight is 398 g/mol. The predicted molar refractivity (Wildman–Crippen MR) is 80.1 cm³/mol.